The number of hydrogen-bond donors (Lipinski definition) is 0. The van der Waals surface area contributed by atoms with Gasteiger partial charge in [0.1, 0.15) is 0 Å². The van der Waals surface area contributed by atoms with Gasteiger partial charge in [-0.25, -0.2) is 0 Å². The second-order valence-corrected chi connectivity index (χ2v) is 11.6. The highest BCUT2D eigenvalue weighted by Gasteiger charge is 2.46. The first-order valence-electron chi connectivity index (χ1n) is 13.7. The summed E-state index contributed by atoms with van der Waals surface area (Å²) >= 11 is 0. The first-order valence-corrected chi connectivity index (χ1v) is 13.7. The van der Waals surface area contributed by atoms with Crippen molar-refractivity contribution in [3.63, 3.8) is 0 Å². The van der Waals surface area contributed by atoms with Gasteiger partial charge in [-0.1, -0.05) is 84.9 Å². The van der Waals surface area contributed by atoms with Crippen LogP contribution in [0.1, 0.15) is 67.5 Å². The molecule has 0 bridgehead atoms. The average Bonchev–Trinajstić information content (AvgIpc) is 2.94. The monoisotopic (exact) mass is 486 g/mol. The van der Waals surface area contributed by atoms with Gasteiger partial charge in [0.15, 0.2) is 5.78 Å². The maximum atomic E-state index is 14.9. The lowest BCUT2D eigenvalue weighted by Gasteiger charge is -2.41. The minimum atomic E-state index is -0.217. The van der Waals surface area contributed by atoms with Gasteiger partial charge in [0, 0.05) is 0 Å². The molecule has 2 unspecified atom stereocenters. The van der Waals surface area contributed by atoms with Crippen LogP contribution in [0.5, 0.6) is 0 Å². The third-order valence-corrected chi connectivity index (χ3v) is 9.71. The molecule has 2 atom stereocenters. The quantitative estimate of drug-likeness (QED) is 0.211. The summed E-state index contributed by atoms with van der Waals surface area (Å²) in [4.78, 5) is 14.9. The fourth-order valence-corrected chi connectivity index (χ4v) is 8.31. The van der Waals surface area contributed by atoms with Crippen molar-refractivity contribution in [2.24, 2.45) is 0 Å². The highest BCUT2D eigenvalue weighted by Crippen LogP contribution is 2.56. The van der Waals surface area contributed by atoms with Crippen molar-refractivity contribution in [1.82, 2.24) is 0 Å². The molecule has 38 heavy (non-hydrogen) atoms. The fourth-order valence-electron chi connectivity index (χ4n) is 8.31. The molecule has 6 aromatic rings. The normalized spacial score (nSPS) is 18.6. The molecule has 3 aliphatic rings. The van der Waals surface area contributed by atoms with E-state index in [1.54, 1.807) is 0 Å². The summed E-state index contributed by atoms with van der Waals surface area (Å²) in [7, 11) is 0. The second kappa shape index (κ2) is 6.99. The van der Waals surface area contributed by atoms with Gasteiger partial charge in [-0.05, 0) is 115 Å². The van der Waals surface area contributed by atoms with Crippen LogP contribution in [0, 0.1) is 13.8 Å². The summed E-state index contributed by atoms with van der Waals surface area (Å²) in [6, 6.07) is 31.0. The topological polar surface area (TPSA) is 17.1 Å². The van der Waals surface area contributed by atoms with Crippen LogP contribution in [0.15, 0.2) is 84.9 Å². The van der Waals surface area contributed by atoms with Gasteiger partial charge in [0.25, 0.3) is 0 Å². The van der Waals surface area contributed by atoms with Gasteiger partial charge < -0.3 is 0 Å². The molecule has 0 saturated carbocycles. The summed E-state index contributed by atoms with van der Waals surface area (Å²) < 4.78 is 0. The number of rotatable bonds is 0. The van der Waals surface area contributed by atoms with Crippen molar-refractivity contribution in [2.75, 3.05) is 0 Å². The van der Waals surface area contributed by atoms with Gasteiger partial charge in [0.2, 0.25) is 0 Å². The highest BCUT2D eigenvalue weighted by atomic mass is 16.1. The standard InChI is InChI=1S/C37H26O/c1-19-15-23-17-29-25-9-5-3-7-21(25)11-13-27(29)34-32(23)36-31(19)20(2)16-24-18-30-26-10-6-4-8-22(26)12-14-28(30)35(33(24)36)37(34)38/h3-16,34-35H,17-18H2,1-2H3. The molecule has 0 N–H and O–H groups in total. The molecule has 0 fully saturated rings. The van der Waals surface area contributed by atoms with Crippen LogP contribution in [0.3, 0.4) is 0 Å². The molecule has 180 valence electrons. The zero-order valence-electron chi connectivity index (χ0n) is 21.6. The van der Waals surface area contributed by atoms with E-state index in [4.69, 9.17) is 0 Å². The number of carbonyl (C=O) groups is 1. The maximum absolute atomic E-state index is 14.9. The molecule has 1 nitrogen and oxygen atoms in total. The third kappa shape index (κ3) is 2.41. The first kappa shape index (κ1) is 20.8. The van der Waals surface area contributed by atoms with E-state index in [2.05, 4.69) is 98.8 Å². The molecule has 6 aromatic carbocycles. The summed E-state index contributed by atoms with van der Waals surface area (Å²) in [6.07, 6.45) is 1.78. The molecule has 3 aliphatic carbocycles. The minimum absolute atomic E-state index is 0.217. The predicted molar refractivity (Wildman–Crippen MR) is 156 cm³/mol. The number of benzene rings is 6. The molecule has 0 saturated heterocycles. The van der Waals surface area contributed by atoms with Crippen LogP contribution >= 0.6 is 0 Å². The van der Waals surface area contributed by atoms with E-state index in [-0.39, 0.29) is 11.8 Å². The van der Waals surface area contributed by atoms with E-state index in [0.29, 0.717) is 5.78 Å². The van der Waals surface area contributed by atoms with Crippen LogP contribution in [0.4, 0.5) is 0 Å². The van der Waals surface area contributed by atoms with Crippen molar-refractivity contribution < 1.29 is 4.79 Å². The van der Waals surface area contributed by atoms with Gasteiger partial charge in [-0.3, -0.25) is 4.79 Å². The zero-order chi connectivity index (χ0) is 25.3. The molecule has 0 spiro atoms. The van der Waals surface area contributed by atoms with Crippen LogP contribution < -0.4 is 0 Å². The van der Waals surface area contributed by atoms with Crippen LogP contribution in [0.25, 0.3) is 32.3 Å². The van der Waals surface area contributed by atoms with E-state index in [1.807, 2.05) is 0 Å². The Balaban J connectivity index is 1.44. The molecule has 0 aromatic heterocycles. The lowest BCUT2D eigenvalue weighted by Crippen LogP contribution is -2.34. The lowest BCUT2D eigenvalue weighted by atomic mass is 9.60. The minimum Gasteiger partial charge on any atom is -0.298 e. The number of fused-ring (bicyclic) bond motifs is 8. The molecule has 0 radical (unpaired) electrons. The largest absolute Gasteiger partial charge is 0.298 e. The number of hydrogen-bond acceptors (Lipinski definition) is 1. The Bertz CT molecular complexity index is 1930. The van der Waals surface area contributed by atoms with E-state index < -0.39 is 0 Å². The molecular weight excluding hydrogens is 460 g/mol. The van der Waals surface area contributed by atoms with Gasteiger partial charge in [0.05, 0.1) is 11.8 Å². The predicted octanol–water partition coefficient (Wildman–Crippen LogP) is 8.42. The Labute approximate surface area is 221 Å². The molecule has 0 heterocycles. The Kier molecular flexibility index (Phi) is 3.83. The molecule has 0 amide bonds. The zero-order valence-corrected chi connectivity index (χ0v) is 21.6. The summed E-state index contributed by atoms with van der Waals surface area (Å²) in [6.45, 7) is 4.52. The molecule has 1 heteroatoms. The number of ketones is 1. The Morgan fingerprint density at radius 3 is 1.55 bits per heavy atom. The lowest BCUT2D eigenvalue weighted by molar-refractivity contribution is -0.120. The summed E-state index contributed by atoms with van der Waals surface area (Å²) in [5, 5.41) is 7.81. The third-order valence-electron chi connectivity index (χ3n) is 9.71. The number of Topliss-reactive ketones (excluding diaryl/α,β-unsaturated/α-hetero) is 1. The second-order valence-electron chi connectivity index (χ2n) is 11.6. The maximum Gasteiger partial charge on any atom is 0.156 e. The van der Waals surface area contributed by atoms with Crippen LogP contribution in [-0.4, -0.2) is 5.78 Å². The van der Waals surface area contributed by atoms with Gasteiger partial charge in [-0.2, -0.15) is 0 Å². The Morgan fingerprint density at radius 1 is 0.579 bits per heavy atom. The van der Waals surface area contributed by atoms with Crippen molar-refractivity contribution in [3.05, 3.63) is 141 Å². The van der Waals surface area contributed by atoms with Gasteiger partial charge >= 0.3 is 0 Å². The molecule has 0 aliphatic heterocycles. The van der Waals surface area contributed by atoms with Crippen molar-refractivity contribution in [3.8, 4) is 0 Å². The van der Waals surface area contributed by atoms with E-state index in [1.165, 1.54) is 88.0 Å². The van der Waals surface area contributed by atoms with Crippen molar-refractivity contribution in [2.45, 2.75) is 38.5 Å². The van der Waals surface area contributed by atoms with E-state index >= 15 is 0 Å². The average molecular weight is 487 g/mol. The SMILES string of the molecule is Cc1cc2c3c4c5c(cc(C)c14)Cc1c(ccc4ccccc14)C5C(=O)C3c1ccc3ccccc3c1C2. The van der Waals surface area contributed by atoms with E-state index in [9.17, 15) is 4.79 Å². The van der Waals surface area contributed by atoms with Crippen molar-refractivity contribution in [1.29, 1.82) is 0 Å². The van der Waals surface area contributed by atoms with Gasteiger partial charge in [-0.15, -0.1) is 0 Å². The first-order chi connectivity index (χ1) is 18.6. The van der Waals surface area contributed by atoms with Crippen molar-refractivity contribution >= 4 is 38.1 Å². The van der Waals surface area contributed by atoms with Crippen LogP contribution in [0.2, 0.25) is 0 Å². The fraction of sp³-hybridized carbons (Fsp3) is 0.162. The smallest absolute Gasteiger partial charge is 0.156 e. The summed E-state index contributed by atoms with van der Waals surface area (Å²) in [5.41, 5.74) is 13.0. The molecule has 9 rings (SSSR count). The van der Waals surface area contributed by atoms with E-state index in [0.717, 1.165) is 12.8 Å². The number of aryl methyl sites for hydroxylation is 2. The summed E-state index contributed by atoms with van der Waals surface area (Å²) in [5.74, 6) is -0.0847. The van der Waals surface area contributed by atoms with Crippen LogP contribution in [-0.2, 0) is 17.6 Å². The molecular formula is C37H26O. The Hall–Kier alpha value is -4.23. The highest BCUT2D eigenvalue weighted by molar-refractivity contribution is 6.13. The Morgan fingerprint density at radius 2 is 1.05 bits per heavy atom. The number of carbonyl (C=O) groups excluding carboxylic acids is 1.